The van der Waals surface area contributed by atoms with Gasteiger partial charge in [-0.2, -0.15) is 0 Å². The molecule has 4 nitrogen and oxygen atoms in total. The van der Waals surface area contributed by atoms with E-state index in [-0.39, 0.29) is 12.1 Å². The van der Waals surface area contributed by atoms with Crippen LogP contribution < -0.4 is 0 Å². The van der Waals surface area contributed by atoms with Crippen LogP contribution in [0.15, 0.2) is 24.3 Å². The number of piperidine rings is 1. The summed E-state index contributed by atoms with van der Waals surface area (Å²) in [6.07, 6.45) is 0.709. The second kappa shape index (κ2) is 6.17. The number of nitrogens with zero attached hydrogens (tertiary/aromatic N) is 1. The number of carbonyl (C=O) groups excluding carboxylic acids is 1. The second-order valence-electron chi connectivity index (χ2n) is 5.22. The largest absolute Gasteiger partial charge is 0.465 e. The van der Waals surface area contributed by atoms with Gasteiger partial charge in [-0.1, -0.05) is 25.1 Å². The number of hydrogen-bond acceptors (Lipinski definition) is 4. The van der Waals surface area contributed by atoms with Gasteiger partial charge < -0.3 is 9.84 Å². The van der Waals surface area contributed by atoms with Crippen LogP contribution in [0.5, 0.6) is 0 Å². The third kappa shape index (κ3) is 3.33. The fourth-order valence-electron chi connectivity index (χ4n) is 2.47. The summed E-state index contributed by atoms with van der Waals surface area (Å²) in [6, 6.07) is 7.48. The van der Waals surface area contributed by atoms with Crippen molar-refractivity contribution in [2.45, 2.75) is 26.0 Å². The van der Waals surface area contributed by atoms with Crippen molar-refractivity contribution in [1.29, 1.82) is 0 Å². The van der Waals surface area contributed by atoms with Gasteiger partial charge in [0.25, 0.3) is 0 Å². The molecule has 0 saturated carbocycles. The van der Waals surface area contributed by atoms with E-state index < -0.39 is 0 Å². The van der Waals surface area contributed by atoms with Gasteiger partial charge in [0.15, 0.2) is 0 Å². The fraction of sp³-hybridized carbons (Fsp3) is 0.533. The van der Waals surface area contributed by atoms with Crippen LogP contribution in [0.1, 0.15) is 29.3 Å². The molecule has 0 aliphatic carbocycles. The number of aliphatic hydroxyl groups is 1. The maximum atomic E-state index is 11.7. The molecular weight excluding hydrogens is 242 g/mol. The number of methoxy groups -OCH3 is 1. The summed E-state index contributed by atoms with van der Waals surface area (Å²) in [7, 11) is 1.39. The SMILES string of the molecule is COC(=O)c1ccccc1CN1CC[C@@H](C)[C@@H](O)C1. The molecule has 2 atom stereocenters. The number of β-amino-alcohol motifs (C(OH)–C–C–N with tert-alkyl or cyclic N) is 1. The summed E-state index contributed by atoms with van der Waals surface area (Å²) < 4.78 is 4.80. The highest BCUT2D eigenvalue weighted by Gasteiger charge is 2.25. The minimum absolute atomic E-state index is 0.279. The Labute approximate surface area is 114 Å². The molecule has 1 aromatic carbocycles. The van der Waals surface area contributed by atoms with Crippen LogP contribution in [0.2, 0.25) is 0 Å². The predicted octanol–water partition coefficient (Wildman–Crippen LogP) is 1.68. The zero-order chi connectivity index (χ0) is 13.8. The molecule has 1 aromatic rings. The smallest absolute Gasteiger partial charge is 0.338 e. The molecule has 19 heavy (non-hydrogen) atoms. The molecule has 0 radical (unpaired) electrons. The van der Waals surface area contributed by atoms with Crippen molar-refractivity contribution in [3.05, 3.63) is 35.4 Å². The fourth-order valence-corrected chi connectivity index (χ4v) is 2.47. The molecule has 4 heteroatoms. The minimum Gasteiger partial charge on any atom is -0.465 e. The van der Waals surface area contributed by atoms with Gasteiger partial charge in [-0.15, -0.1) is 0 Å². The molecule has 0 unspecified atom stereocenters. The van der Waals surface area contributed by atoms with Crippen molar-refractivity contribution in [2.75, 3.05) is 20.2 Å². The van der Waals surface area contributed by atoms with Crippen molar-refractivity contribution in [3.8, 4) is 0 Å². The van der Waals surface area contributed by atoms with Gasteiger partial charge >= 0.3 is 5.97 Å². The Hall–Kier alpha value is -1.39. The Balaban J connectivity index is 2.09. The van der Waals surface area contributed by atoms with E-state index in [1.165, 1.54) is 7.11 Å². The molecule has 1 N–H and O–H groups in total. The average Bonchev–Trinajstić information content (AvgIpc) is 2.43. The highest BCUT2D eigenvalue weighted by molar-refractivity contribution is 5.90. The molecule has 0 aromatic heterocycles. The Morgan fingerprint density at radius 1 is 1.47 bits per heavy atom. The van der Waals surface area contributed by atoms with E-state index in [4.69, 9.17) is 4.74 Å². The molecule has 104 valence electrons. The van der Waals surface area contributed by atoms with Crippen molar-refractivity contribution >= 4 is 5.97 Å². The molecular formula is C15H21NO3. The van der Waals surface area contributed by atoms with Gasteiger partial charge in [0.2, 0.25) is 0 Å². The number of esters is 1. The summed E-state index contributed by atoms with van der Waals surface area (Å²) >= 11 is 0. The standard InChI is InChI=1S/C15H21NO3/c1-11-7-8-16(10-14(11)17)9-12-5-3-4-6-13(12)15(18)19-2/h3-6,11,14,17H,7-10H2,1-2H3/t11-,14+/m1/s1. The van der Waals surface area contributed by atoms with Crippen molar-refractivity contribution in [2.24, 2.45) is 5.92 Å². The van der Waals surface area contributed by atoms with Crippen LogP contribution in [0.3, 0.4) is 0 Å². The number of benzene rings is 1. The molecule has 1 aliphatic heterocycles. The monoisotopic (exact) mass is 263 g/mol. The lowest BCUT2D eigenvalue weighted by Gasteiger charge is -2.34. The highest BCUT2D eigenvalue weighted by Crippen LogP contribution is 2.20. The molecule has 1 heterocycles. The lowest BCUT2D eigenvalue weighted by Crippen LogP contribution is -2.42. The number of ether oxygens (including phenoxy) is 1. The predicted molar refractivity (Wildman–Crippen MR) is 72.8 cm³/mol. The zero-order valence-corrected chi connectivity index (χ0v) is 11.5. The first-order valence-corrected chi connectivity index (χ1v) is 6.68. The third-order valence-electron chi connectivity index (χ3n) is 3.82. The first-order chi connectivity index (χ1) is 9.11. The Kier molecular flexibility index (Phi) is 4.56. The van der Waals surface area contributed by atoms with Crippen molar-refractivity contribution < 1.29 is 14.6 Å². The van der Waals surface area contributed by atoms with Gasteiger partial charge in [-0.3, -0.25) is 4.90 Å². The van der Waals surface area contributed by atoms with E-state index in [0.717, 1.165) is 18.5 Å². The minimum atomic E-state index is -0.304. The number of rotatable bonds is 3. The van der Waals surface area contributed by atoms with E-state index in [1.807, 2.05) is 18.2 Å². The topological polar surface area (TPSA) is 49.8 Å². The van der Waals surface area contributed by atoms with E-state index in [0.29, 0.717) is 24.6 Å². The molecule has 2 rings (SSSR count). The van der Waals surface area contributed by atoms with Crippen LogP contribution in [-0.4, -0.2) is 42.3 Å². The normalized spacial score (nSPS) is 24.2. The van der Waals surface area contributed by atoms with Crippen LogP contribution in [-0.2, 0) is 11.3 Å². The first kappa shape index (κ1) is 14.0. The van der Waals surface area contributed by atoms with E-state index in [2.05, 4.69) is 11.8 Å². The maximum Gasteiger partial charge on any atom is 0.338 e. The number of likely N-dealkylation sites (tertiary alicyclic amines) is 1. The summed E-state index contributed by atoms with van der Waals surface area (Å²) in [6.45, 7) is 4.36. The molecule has 1 fully saturated rings. The zero-order valence-electron chi connectivity index (χ0n) is 11.5. The van der Waals surface area contributed by atoms with Gasteiger partial charge in [0.1, 0.15) is 0 Å². The molecule has 0 spiro atoms. The molecule has 0 bridgehead atoms. The van der Waals surface area contributed by atoms with Gasteiger partial charge in [-0.05, 0) is 30.5 Å². The number of carbonyl (C=O) groups is 1. The lowest BCUT2D eigenvalue weighted by molar-refractivity contribution is 0.0257. The van der Waals surface area contributed by atoms with Gasteiger partial charge in [-0.25, -0.2) is 4.79 Å². The Morgan fingerprint density at radius 2 is 2.21 bits per heavy atom. The van der Waals surface area contributed by atoms with Crippen LogP contribution in [0.4, 0.5) is 0 Å². The second-order valence-corrected chi connectivity index (χ2v) is 5.22. The average molecular weight is 263 g/mol. The van der Waals surface area contributed by atoms with Crippen molar-refractivity contribution in [1.82, 2.24) is 4.90 Å². The van der Waals surface area contributed by atoms with Crippen LogP contribution in [0.25, 0.3) is 0 Å². The molecule has 0 amide bonds. The summed E-state index contributed by atoms with van der Waals surface area (Å²) in [5, 5.41) is 9.92. The summed E-state index contributed by atoms with van der Waals surface area (Å²) in [4.78, 5) is 13.9. The quantitative estimate of drug-likeness (QED) is 0.843. The number of aliphatic hydroxyl groups excluding tert-OH is 1. The maximum absolute atomic E-state index is 11.7. The van der Waals surface area contributed by atoms with Gasteiger partial charge in [0, 0.05) is 13.1 Å². The lowest BCUT2D eigenvalue weighted by atomic mass is 9.95. The Bertz CT molecular complexity index is 447. The van der Waals surface area contributed by atoms with E-state index in [1.54, 1.807) is 6.07 Å². The van der Waals surface area contributed by atoms with Gasteiger partial charge in [0.05, 0.1) is 18.8 Å². The van der Waals surface area contributed by atoms with E-state index in [9.17, 15) is 9.90 Å². The summed E-state index contributed by atoms with van der Waals surface area (Å²) in [5.74, 6) is 0.0497. The molecule has 1 saturated heterocycles. The first-order valence-electron chi connectivity index (χ1n) is 6.68. The summed E-state index contributed by atoms with van der Waals surface area (Å²) in [5.41, 5.74) is 1.56. The van der Waals surface area contributed by atoms with Crippen LogP contribution in [0, 0.1) is 5.92 Å². The Morgan fingerprint density at radius 3 is 2.89 bits per heavy atom. The van der Waals surface area contributed by atoms with E-state index >= 15 is 0 Å². The molecule has 1 aliphatic rings. The third-order valence-corrected chi connectivity index (χ3v) is 3.82. The number of hydrogen-bond donors (Lipinski definition) is 1. The van der Waals surface area contributed by atoms with Crippen molar-refractivity contribution in [3.63, 3.8) is 0 Å². The highest BCUT2D eigenvalue weighted by atomic mass is 16.5. The van der Waals surface area contributed by atoms with Crippen LogP contribution >= 0.6 is 0 Å².